The van der Waals surface area contributed by atoms with Crippen LogP contribution < -0.4 is 0 Å². The van der Waals surface area contributed by atoms with Crippen LogP contribution in [0.25, 0.3) is 0 Å². The smallest absolute Gasteiger partial charge is 0.331 e. The summed E-state index contributed by atoms with van der Waals surface area (Å²) in [5.74, 6) is 5.64. The molecular formula is C10H12O2. The van der Waals surface area contributed by atoms with Crippen molar-refractivity contribution in [2.75, 3.05) is 6.61 Å². The highest BCUT2D eigenvalue weighted by Gasteiger charge is 2.17. The van der Waals surface area contributed by atoms with E-state index in [1.807, 2.05) is 6.08 Å². The minimum absolute atomic E-state index is 0.199. The van der Waals surface area contributed by atoms with E-state index >= 15 is 0 Å². The van der Waals surface area contributed by atoms with Gasteiger partial charge in [-0.1, -0.05) is 12.0 Å². The van der Waals surface area contributed by atoms with Gasteiger partial charge in [-0.2, -0.15) is 0 Å². The molecule has 0 radical (unpaired) electrons. The van der Waals surface area contributed by atoms with Crippen LogP contribution in [0.3, 0.4) is 0 Å². The molecule has 1 aliphatic carbocycles. The maximum atomic E-state index is 10.9. The molecule has 0 heterocycles. The molecule has 0 aliphatic heterocycles. The molecule has 64 valence electrons. The predicted molar refractivity (Wildman–Crippen MR) is 46.3 cm³/mol. The van der Waals surface area contributed by atoms with Gasteiger partial charge in [-0.25, -0.2) is 4.79 Å². The summed E-state index contributed by atoms with van der Waals surface area (Å²) in [5, 5.41) is 0. The minimum atomic E-state index is -0.287. The normalized spacial score (nSPS) is 15.4. The van der Waals surface area contributed by atoms with E-state index in [-0.39, 0.29) is 12.6 Å². The van der Waals surface area contributed by atoms with Gasteiger partial charge in [-0.05, 0) is 25.7 Å². The van der Waals surface area contributed by atoms with Gasteiger partial charge in [0.25, 0.3) is 0 Å². The third-order valence-corrected chi connectivity index (χ3v) is 1.59. The first kappa shape index (κ1) is 8.86. The Kier molecular flexibility index (Phi) is 3.40. The number of esters is 1. The van der Waals surface area contributed by atoms with Crippen LogP contribution in [0.1, 0.15) is 19.8 Å². The maximum absolute atomic E-state index is 10.9. The monoisotopic (exact) mass is 164 g/mol. The van der Waals surface area contributed by atoms with Crippen molar-refractivity contribution in [1.29, 1.82) is 0 Å². The van der Waals surface area contributed by atoms with E-state index in [0.29, 0.717) is 5.92 Å². The zero-order chi connectivity index (χ0) is 8.81. The molecule has 0 atom stereocenters. The van der Waals surface area contributed by atoms with Gasteiger partial charge in [-0.3, -0.25) is 0 Å². The molecule has 0 aromatic heterocycles. The molecule has 0 aromatic carbocycles. The zero-order valence-electron chi connectivity index (χ0n) is 7.17. The summed E-state index contributed by atoms with van der Waals surface area (Å²) in [6.07, 6.45) is 5.81. The molecule has 0 amide bonds. The Balaban J connectivity index is 2.12. The fourth-order valence-corrected chi connectivity index (χ4v) is 0.731. The van der Waals surface area contributed by atoms with E-state index in [4.69, 9.17) is 4.74 Å². The number of ether oxygens (including phenoxy) is 1. The quantitative estimate of drug-likeness (QED) is 0.359. The number of carbonyl (C=O) groups is 1. The summed E-state index contributed by atoms with van der Waals surface area (Å²) in [5.41, 5.74) is 0. The summed E-state index contributed by atoms with van der Waals surface area (Å²) in [7, 11) is 0. The van der Waals surface area contributed by atoms with Gasteiger partial charge in [0.1, 0.15) is 0 Å². The van der Waals surface area contributed by atoms with Gasteiger partial charge in [0.15, 0.2) is 6.61 Å². The van der Waals surface area contributed by atoms with E-state index in [9.17, 15) is 4.79 Å². The standard InChI is InChI=1S/C10H12O2/c1-2-3-8-12-10(11)7-6-9-4-5-9/h6-7,9H,4-5,8H2,1H3/b7-6+. The van der Waals surface area contributed by atoms with Crippen LogP contribution in [0.15, 0.2) is 12.2 Å². The second-order valence-corrected chi connectivity index (χ2v) is 2.73. The van der Waals surface area contributed by atoms with Crippen LogP contribution in [-0.4, -0.2) is 12.6 Å². The van der Waals surface area contributed by atoms with Crippen molar-refractivity contribution < 1.29 is 9.53 Å². The molecule has 0 unspecified atom stereocenters. The summed E-state index contributed by atoms with van der Waals surface area (Å²) in [4.78, 5) is 10.9. The Hall–Kier alpha value is -1.23. The first-order chi connectivity index (χ1) is 5.83. The molecule has 1 aliphatic rings. The Labute approximate surface area is 72.6 Å². The van der Waals surface area contributed by atoms with Crippen LogP contribution in [-0.2, 0) is 9.53 Å². The van der Waals surface area contributed by atoms with Crippen LogP contribution >= 0.6 is 0 Å². The highest BCUT2D eigenvalue weighted by molar-refractivity contribution is 5.82. The van der Waals surface area contributed by atoms with Crippen molar-refractivity contribution in [2.45, 2.75) is 19.8 Å². The molecule has 0 spiro atoms. The molecule has 0 aromatic rings. The van der Waals surface area contributed by atoms with Crippen molar-refractivity contribution in [3.05, 3.63) is 12.2 Å². The largest absolute Gasteiger partial charge is 0.449 e. The van der Waals surface area contributed by atoms with Gasteiger partial charge < -0.3 is 4.74 Å². The third-order valence-electron chi connectivity index (χ3n) is 1.59. The van der Waals surface area contributed by atoms with Crippen molar-refractivity contribution in [3.63, 3.8) is 0 Å². The third kappa shape index (κ3) is 3.82. The molecule has 0 saturated heterocycles. The van der Waals surface area contributed by atoms with Crippen molar-refractivity contribution >= 4 is 5.97 Å². The molecule has 2 nitrogen and oxygen atoms in total. The van der Waals surface area contributed by atoms with E-state index in [0.717, 1.165) is 0 Å². The number of rotatable bonds is 3. The van der Waals surface area contributed by atoms with E-state index < -0.39 is 0 Å². The lowest BCUT2D eigenvalue weighted by molar-refractivity contribution is -0.136. The van der Waals surface area contributed by atoms with Crippen LogP contribution in [0.5, 0.6) is 0 Å². The summed E-state index contributed by atoms with van der Waals surface area (Å²) in [6.45, 7) is 1.91. The second-order valence-electron chi connectivity index (χ2n) is 2.73. The van der Waals surface area contributed by atoms with E-state index in [2.05, 4.69) is 11.8 Å². The van der Waals surface area contributed by atoms with E-state index in [1.165, 1.54) is 18.9 Å². The lowest BCUT2D eigenvalue weighted by atomic mass is 10.4. The van der Waals surface area contributed by atoms with Crippen molar-refractivity contribution in [1.82, 2.24) is 0 Å². The van der Waals surface area contributed by atoms with Crippen LogP contribution in [0.4, 0.5) is 0 Å². The second kappa shape index (κ2) is 4.61. The highest BCUT2D eigenvalue weighted by atomic mass is 16.5. The SMILES string of the molecule is CC#CCOC(=O)/C=C/C1CC1. The van der Waals surface area contributed by atoms with Crippen molar-refractivity contribution in [2.24, 2.45) is 5.92 Å². The molecule has 1 rings (SSSR count). The number of hydrogen-bond acceptors (Lipinski definition) is 2. The topological polar surface area (TPSA) is 26.3 Å². The number of allylic oxidation sites excluding steroid dienone is 1. The first-order valence-corrected chi connectivity index (χ1v) is 4.07. The lowest BCUT2D eigenvalue weighted by Gasteiger charge is -1.92. The van der Waals surface area contributed by atoms with E-state index in [1.54, 1.807) is 6.92 Å². The average Bonchev–Trinajstić information content (AvgIpc) is 2.84. The van der Waals surface area contributed by atoms with Gasteiger partial charge in [0.2, 0.25) is 0 Å². The molecule has 12 heavy (non-hydrogen) atoms. The van der Waals surface area contributed by atoms with Crippen molar-refractivity contribution in [3.8, 4) is 11.8 Å². The van der Waals surface area contributed by atoms with Gasteiger partial charge in [0, 0.05) is 6.08 Å². The Morgan fingerprint density at radius 1 is 1.67 bits per heavy atom. The summed E-state index contributed by atoms with van der Waals surface area (Å²) in [6, 6.07) is 0. The molecule has 1 saturated carbocycles. The van der Waals surface area contributed by atoms with Gasteiger partial charge in [0.05, 0.1) is 0 Å². The zero-order valence-corrected chi connectivity index (χ0v) is 7.17. The Bertz CT molecular complexity index is 238. The number of hydrogen-bond donors (Lipinski definition) is 0. The molecule has 2 heteroatoms. The molecule has 0 bridgehead atoms. The first-order valence-electron chi connectivity index (χ1n) is 4.07. The predicted octanol–water partition coefficient (Wildman–Crippen LogP) is 1.52. The van der Waals surface area contributed by atoms with Crippen LogP contribution in [0.2, 0.25) is 0 Å². The molecule has 0 N–H and O–H groups in total. The van der Waals surface area contributed by atoms with Gasteiger partial charge in [-0.15, -0.1) is 5.92 Å². The fraction of sp³-hybridized carbons (Fsp3) is 0.500. The lowest BCUT2D eigenvalue weighted by Crippen LogP contribution is -2.00. The summed E-state index contributed by atoms with van der Waals surface area (Å²) >= 11 is 0. The van der Waals surface area contributed by atoms with Crippen LogP contribution in [0, 0.1) is 17.8 Å². The minimum Gasteiger partial charge on any atom is -0.449 e. The molecular weight excluding hydrogens is 152 g/mol. The maximum Gasteiger partial charge on any atom is 0.331 e. The average molecular weight is 164 g/mol. The fourth-order valence-electron chi connectivity index (χ4n) is 0.731. The highest BCUT2D eigenvalue weighted by Crippen LogP contribution is 2.29. The molecule has 1 fully saturated rings. The Morgan fingerprint density at radius 3 is 3.00 bits per heavy atom. The number of carbonyl (C=O) groups excluding carboxylic acids is 1. The van der Waals surface area contributed by atoms with Gasteiger partial charge >= 0.3 is 5.97 Å². The summed E-state index contributed by atoms with van der Waals surface area (Å²) < 4.78 is 4.76. The Morgan fingerprint density at radius 2 is 2.42 bits per heavy atom.